The molecule has 0 spiro atoms. The molecule has 36 heavy (non-hydrogen) atoms. The lowest BCUT2D eigenvalue weighted by molar-refractivity contribution is -0.130. The Kier molecular flexibility index (Phi) is 7.33. The number of hydrogen-bond acceptors (Lipinski definition) is 4. The van der Waals surface area contributed by atoms with E-state index in [1.807, 2.05) is 0 Å². The lowest BCUT2D eigenvalue weighted by Crippen LogP contribution is -2.49. The average molecular weight is 552 g/mol. The highest BCUT2D eigenvalue weighted by Crippen LogP contribution is 2.46. The number of amides is 2. The quantitative estimate of drug-likeness (QED) is 0.379. The van der Waals surface area contributed by atoms with Crippen LogP contribution in [0, 0.1) is 0 Å². The van der Waals surface area contributed by atoms with Gasteiger partial charge in [0.1, 0.15) is 11.3 Å². The molecule has 0 aromatic heterocycles. The fraction of sp³-hybridized carbons (Fsp3) is 0.231. The normalized spacial score (nSPS) is 21.5. The molecule has 2 atom stereocenters. The molecule has 188 valence electrons. The molecule has 3 aromatic carbocycles. The summed E-state index contributed by atoms with van der Waals surface area (Å²) in [6, 6.07) is 15.1. The minimum absolute atomic E-state index is 0.0237. The first-order valence-electron chi connectivity index (χ1n) is 11.0. The topological polar surface area (TPSA) is 89.9 Å². The van der Waals surface area contributed by atoms with Gasteiger partial charge in [0.25, 0.3) is 11.8 Å². The number of fused-ring (bicyclic) bond motifs is 1. The zero-order chi connectivity index (χ0) is 26.3. The van der Waals surface area contributed by atoms with Crippen molar-refractivity contribution in [3.8, 4) is 0 Å². The van der Waals surface area contributed by atoms with E-state index in [2.05, 4.69) is 5.32 Å². The van der Waals surface area contributed by atoms with Crippen LogP contribution in [-0.2, 0) is 5.60 Å². The maximum atomic E-state index is 15.5. The van der Waals surface area contributed by atoms with Crippen molar-refractivity contribution >= 4 is 58.0 Å². The highest BCUT2D eigenvalue weighted by Gasteiger charge is 2.52. The van der Waals surface area contributed by atoms with Crippen molar-refractivity contribution in [3.63, 3.8) is 0 Å². The summed E-state index contributed by atoms with van der Waals surface area (Å²) in [5.74, 6) is -0.919. The van der Waals surface area contributed by atoms with Gasteiger partial charge in [0.15, 0.2) is 0 Å². The molecule has 2 amide bonds. The average Bonchev–Trinajstić information content (AvgIpc) is 2.93. The smallest absolute Gasteiger partial charge is 0.258 e. The van der Waals surface area contributed by atoms with Gasteiger partial charge in [-0.25, -0.2) is 4.39 Å². The first kappa shape index (κ1) is 26.4. The van der Waals surface area contributed by atoms with Crippen LogP contribution in [0.2, 0.25) is 15.1 Å². The van der Waals surface area contributed by atoms with Gasteiger partial charge in [-0.1, -0.05) is 34.8 Å². The standard InChI is InChI=1S/C26H22Cl3FN2O4/c1-25(30)10-11-32(22-9-5-17(28)13-20(22)26(25,36)14-33)24(35)15-2-6-18(7-3-15)31-23(34)19-12-16(27)4-8-21(19)29/h2-9,12-13,33,36H,10-11,14H2,1H3,(H,31,34)/t25?,26-/m0/s1. The van der Waals surface area contributed by atoms with E-state index in [-0.39, 0.29) is 45.4 Å². The Balaban J connectivity index is 1.62. The third-order valence-electron chi connectivity index (χ3n) is 6.40. The highest BCUT2D eigenvalue weighted by atomic mass is 35.5. The third kappa shape index (κ3) is 4.82. The monoisotopic (exact) mass is 550 g/mol. The van der Waals surface area contributed by atoms with Crippen LogP contribution >= 0.6 is 34.8 Å². The molecule has 1 aliphatic heterocycles. The van der Waals surface area contributed by atoms with E-state index in [0.717, 1.165) is 0 Å². The number of halogens is 4. The van der Waals surface area contributed by atoms with Crippen LogP contribution in [0.4, 0.5) is 15.8 Å². The molecular formula is C26H22Cl3FN2O4. The van der Waals surface area contributed by atoms with Gasteiger partial charge in [0.2, 0.25) is 0 Å². The second-order valence-corrected chi connectivity index (χ2v) is 10.0. The maximum Gasteiger partial charge on any atom is 0.258 e. The number of nitrogens with zero attached hydrogens (tertiary/aromatic N) is 1. The highest BCUT2D eigenvalue weighted by molar-refractivity contribution is 6.36. The van der Waals surface area contributed by atoms with Crippen molar-refractivity contribution in [2.75, 3.05) is 23.4 Å². The number of hydrogen-bond donors (Lipinski definition) is 3. The van der Waals surface area contributed by atoms with E-state index < -0.39 is 29.7 Å². The molecule has 4 rings (SSSR count). The first-order valence-corrected chi connectivity index (χ1v) is 12.1. The van der Waals surface area contributed by atoms with Crippen LogP contribution in [-0.4, -0.2) is 40.8 Å². The van der Waals surface area contributed by atoms with Crippen LogP contribution in [0.25, 0.3) is 0 Å². The number of aliphatic hydroxyl groups is 2. The molecule has 0 saturated heterocycles. The van der Waals surface area contributed by atoms with Gasteiger partial charge in [-0.2, -0.15) is 0 Å². The lowest BCUT2D eigenvalue weighted by Gasteiger charge is -2.37. The van der Waals surface area contributed by atoms with E-state index in [0.29, 0.717) is 10.7 Å². The maximum absolute atomic E-state index is 15.5. The zero-order valence-electron chi connectivity index (χ0n) is 19.1. The third-order valence-corrected chi connectivity index (χ3v) is 7.20. The van der Waals surface area contributed by atoms with E-state index in [1.165, 1.54) is 54.3 Å². The fourth-order valence-electron chi connectivity index (χ4n) is 4.19. The number of aliphatic hydroxyl groups excluding tert-OH is 1. The Morgan fingerprint density at radius 2 is 1.67 bits per heavy atom. The second kappa shape index (κ2) is 10.00. The minimum atomic E-state index is -2.25. The summed E-state index contributed by atoms with van der Waals surface area (Å²) in [4.78, 5) is 27.4. The summed E-state index contributed by atoms with van der Waals surface area (Å²) in [5.41, 5.74) is -3.32. The number of nitrogens with one attached hydrogen (secondary N) is 1. The van der Waals surface area contributed by atoms with Crippen LogP contribution in [0.15, 0.2) is 60.7 Å². The summed E-state index contributed by atoms with van der Waals surface area (Å²) in [7, 11) is 0. The summed E-state index contributed by atoms with van der Waals surface area (Å²) < 4.78 is 15.5. The van der Waals surface area contributed by atoms with Crippen molar-refractivity contribution in [2.45, 2.75) is 24.6 Å². The Hall–Kier alpha value is -2.68. The molecule has 0 bridgehead atoms. The van der Waals surface area contributed by atoms with Crippen molar-refractivity contribution in [1.82, 2.24) is 0 Å². The minimum Gasteiger partial charge on any atom is -0.393 e. The Morgan fingerprint density at radius 1 is 1.03 bits per heavy atom. The van der Waals surface area contributed by atoms with Crippen LogP contribution in [0.1, 0.15) is 39.6 Å². The van der Waals surface area contributed by atoms with Crippen molar-refractivity contribution in [2.24, 2.45) is 0 Å². The van der Waals surface area contributed by atoms with Crippen molar-refractivity contribution in [1.29, 1.82) is 0 Å². The largest absolute Gasteiger partial charge is 0.393 e. The Bertz CT molecular complexity index is 1330. The predicted octanol–water partition coefficient (Wildman–Crippen LogP) is 5.86. The van der Waals surface area contributed by atoms with Gasteiger partial charge in [0.05, 0.1) is 22.9 Å². The lowest BCUT2D eigenvalue weighted by atomic mass is 9.79. The van der Waals surface area contributed by atoms with Crippen molar-refractivity contribution < 1.29 is 24.2 Å². The van der Waals surface area contributed by atoms with E-state index in [9.17, 15) is 19.8 Å². The van der Waals surface area contributed by atoms with Gasteiger partial charge in [-0.3, -0.25) is 9.59 Å². The van der Waals surface area contributed by atoms with Gasteiger partial charge in [-0.15, -0.1) is 0 Å². The number of anilines is 2. The fourth-order valence-corrected chi connectivity index (χ4v) is 4.74. The summed E-state index contributed by atoms with van der Waals surface area (Å²) >= 11 is 18.1. The molecule has 3 N–H and O–H groups in total. The van der Waals surface area contributed by atoms with Crippen molar-refractivity contribution in [3.05, 3.63) is 92.4 Å². The molecule has 3 aromatic rings. The molecule has 0 saturated carbocycles. The number of carbonyl (C=O) groups is 2. The van der Waals surface area contributed by atoms with Gasteiger partial charge < -0.3 is 20.4 Å². The first-order chi connectivity index (χ1) is 17.0. The van der Waals surface area contributed by atoms with E-state index in [4.69, 9.17) is 34.8 Å². The summed E-state index contributed by atoms with van der Waals surface area (Å²) in [6.45, 7) is 0.250. The molecule has 1 aliphatic rings. The van der Waals surface area contributed by atoms with Gasteiger partial charge in [-0.05, 0) is 67.6 Å². The molecular weight excluding hydrogens is 530 g/mol. The Labute approximate surface area is 222 Å². The molecule has 6 nitrogen and oxygen atoms in total. The van der Waals surface area contributed by atoms with Gasteiger partial charge >= 0.3 is 0 Å². The zero-order valence-corrected chi connectivity index (χ0v) is 21.3. The summed E-state index contributed by atoms with van der Waals surface area (Å²) in [6.07, 6.45) is -0.226. The molecule has 0 fully saturated rings. The summed E-state index contributed by atoms with van der Waals surface area (Å²) in [5, 5.41) is 24.6. The number of rotatable bonds is 4. The Morgan fingerprint density at radius 3 is 2.33 bits per heavy atom. The van der Waals surface area contributed by atoms with Crippen LogP contribution < -0.4 is 10.2 Å². The SMILES string of the molecule is CC1(F)CCN(C(=O)c2ccc(NC(=O)c3cc(Cl)ccc3Cl)cc2)c2ccc(Cl)cc2[C@@]1(O)CO. The van der Waals surface area contributed by atoms with Crippen LogP contribution in [0.3, 0.4) is 0 Å². The second-order valence-electron chi connectivity index (χ2n) is 8.74. The van der Waals surface area contributed by atoms with Crippen LogP contribution in [0.5, 0.6) is 0 Å². The van der Waals surface area contributed by atoms with E-state index in [1.54, 1.807) is 18.2 Å². The molecule has 1 unspecified atom stereocenters. The predicted molar refractivity (Wildman–Crippen MR) is 139 cm³/mol. The molecule has 0 aliphatic carbocycles. The number of carbonyl (C=O) groups excluding carboxylic acids is 2. The van der Waals surface area contributed by atoms with Gasteiger partial charge in [0, 0.05) is 39.8 Å². The number of benzene rings is 3. The molecule has 0 radical (unpaired) electrons. The number of alkyl halides is 1. The van der Waals surface area contributed by atoms with E-state index >= 15 is 4.39 Å². The molecule has 1 heterocycles. The molecule has 10 heteroatoms.